The minimum Gasteiger partial charge on any atom is -0.480 e. The number of pyridine rings is 1. The molecular weight excluding hydrogens is 478 g/mol. The van der Waals surface area contributed by atoms with Crippen molar-refractivity contribution in [1.29, 1.82) is 0 Å². The number of aldehydes is 1. The summed E-state index contributed by atoms with van der Waals surface area (Å²) in [4.78, 5) is 61.5. The topological polar surface area (TPSA) is 144 Å². The molecular formula is C27H27N3O7. The molecule has 0 saturated carbocycles. The van der Waals surface area contributed by atoms with Crippen molar-refractivity contribution in [3.05, 3.63) is 100.0 Å². The average molecular weight is 506 g/mol. The van der Waals surface area contributed by atoms with Crippen LogP contribution in [0.4, 0.5) is 10.5 Å². The number of anilines is 1. The molecule has 10 nitrogen and oxygen atoms in total. The molecule has 192 valence electrons. The summed E-state index contributed by atoms with van der Waals surface area (Å²) in [5.74, 6) is -2.18. The number of aromatic nitrogens is 1. The van der Waals surface area contributed by atoms with E-state index in [1.807, 2.05) is 48.5 Å². The van der Waals surface area contributed by atoms with Gasteiger partial charge in [0.1, 0.15) is 18.0 Å². The highest BCUT2D eigenvalue weighted by Gasteiger charge is 2.33. The number of amides is 2. The van der Waals surface area contributed by atoms with Crippen molar-refractivity contribution in [3.63, 3.8) is 0 Å². The van der Waals surface area contributed by atoms with Crippen LogP contribution in [0.1, 0.15) is 29.8 Å². The lowest BCUT2D eigenvalue weighted by molar-refractivity contribution is -0.144. The molecule has 37 heavy (non-hydrogen) atoms. The van der Waals surface area contributed by atoms with Crippen LogP contribution in [0.15, 0.2) is 77.6 Å². The summed E-state index contributed by atoms with van der Waals surface area (Å²) < 4.78 is 6.16. The Balaban J connectivity index is 1.92. The Morgan fingerprint density at radius 2 is 1.59 bits per heavy atom. The Kier molecular flexibility index (Phi) is 9.31. The predicted octanol–water partition coefficient (Wildman–Crippen LogP) is 2.56. The molecule has 2 atom stereocenters. The number of nitrogens with one attached hydrogen (secondary N) is 2. The highest BCUT2D eigenvalue weighted by Crippen LogP contribution is 2.18. The van der Waals surface area contributed by atoms with Gasteiger partial charge in [0.15, 0.2) is 6.04 Å². The van der Waals surface area contributed by atoms with Crippen LogP contribution in [0.5, 0.6) is 0 Å². The fourth-order valence-electron chi connectivity index (χ4n) is 3.82. The van der Waals surface area contributed by atoms with Crippen molar-refractivity contribution in [2.45, 2.75) is 31.8 Å². The number of ether oxygens (including phenoxy) is 1. The molecule has 0 saturated heterocycles. The summed E-state index contributed by atoms with van der Waals surface area (Å²) >= 11 is 0. The number of rotatable bonds is 11. The van der Waals surface area contributed by atoms with Crippen molar-refractivity contribution in [3.8, 4) is 0 Å². The van der Waals surface area contributed by atoms with Crippen LogP contribution < -0.4 is 16.2 Å². The number of nitrogens with zero attached hydrogens (tertiary/aromatic N) is 1. The number of hydrogen-bond donors (Lipinski definition) is 3. The standard InChI is InChI=1S/C27H27N3O7/c1-18(32)28-24(26(34)35)23(17-31)30-21(16-20-10-6-3-7-11-20)12-13-22(25(30)33)29-27(36)37-15-14-19-8-4-2-5-9-19/h2-13,17,23-24H,14-16H2,1H3,(H,28,32)(H,29,36)(H,34,35)/t23?,24-/m0/s1. The first-order valence-electron chi connectivity index (χ1n) is 11.5. The van der Waals surface area contributed by atoms with E-state index in [9.17, 15) is 29.1 Å². The lowest BCUT2D eigenvalue weighted by Crippen LogP contribution is -2.49. The van der Waals surface area contributed by atoms with Gasteiger partial charge in [0, 0.05) is 25.5 Å². The summed E-state index contributed by atoms with van der Waals surface area (Å²) in [6.07, 6.45) is 0.0645. The Hall–Kier alpha value is -4.73. The number of benzene rings is 2. The maximum absolute atomic E-state index is 13.5. The van der Waals surface area contributed by atoms with Crippen LogP contribution in [0.25, 0.3) is 0 Å². The van der Waals surface area contributed by atoms with E-state index in [-0.39, 0.29) is 25.0 Å². The van der Waals surface area contributed by atoms with E-state index in [0.29, 0.717) is 12.1 Å². The van der Waals surface area contributed by atoms with E-state index in [1.165, 1.54) is 12.1 Å². The van der Waals surface area contributed by atoms with Gasteiger partial charge in [0.2, 0.25) is 5.91 Å². The van der Waals surface area contributed by atoms with E-state index in [0.717, 1.165) is 22.6 Å². The highest BCUT2D eigenvalue weighted by molar-refractivity contribution is 5.86. The first-order valence-corrected chi connectivity index (χ1v) is 11.5. The van der Waals surface area contributed by atoms with E-state index < -0.39 is 35.6 Å². The molecule has 0 aliphatic heterocycles. The van der Waals surface area contributed by atoms with Crippen LogP contribution in [0.2, 0.25) is 0 Å². The second-order valence-corrected chi connectivity index (χ2v) is 8.22. The third-order valence-corrected chi connectivity index (χ3v) is 5.54. The smallest absolute Gasteiger partial charge is 0.411 e. The molecule has 0 aliphatic rings. The third kappa shape index (κ3) is 7.38. The molecule has 3 aromatic rings. The monoisotopic (exact) mass is 505 g/mol. The number of carboxylic acid groups (broad SMARTS) is 1. The van der Waals surface area contributed by atoms with Crippen molar-refractivity contribution in [1.82, 2.24) is 9.88 Å². The van der Waals surface area contributed by atoms with Crippen LogP contribution in [-0.2, 0) is 32.0 Å². The van der Waals surface area contributed by atoms with Crippen molar-refractivity contribution < 1.29 is 29.0 Å². The summed E-state index contributed by atoms with van der Waals surface area (Å²) in [5.41, 5.74) is 1.05. The molecule has 2 amide bonds. The SMILES string of the molecule is CC(=O)N[C@H](C(=O)O)C(C=O)n1c(Cc2ccccc2)ccc(NC(=O)OCCc2ccccc2)c1=O. The zero-order valence-corrected chi connectivity index (χ0v) is 20.1. The molecule has 0 radical (unpaired) electrons. The third-order valence-electron chi connectivity index (χ3n) is 5.54. The summed E-state index contributed by atoms with van der Waals surface area (Å²) in [6.45, 7) is 1.17. The number of carbonyl (C=O) groups is 4. The van der Waals surface area contributed by atoms with Crippen molar-refractivity contribution in [2.75, 3.05) is 11.9 Å². The molecule has 0 bridgehead atoms. The van der Waals surface area contributed by atoms with E-state index in [4.69, 9.17) is 4.74 Å². The first kappa shape index (κ1) is 26.9. The Morgan fingerprint density at radius 1 is 0.973 bits per heavy atom. The maximum atomic E-state index is 13.5. The largest absolute Gasteiger partial charge is 0.480 e. The predicted molar refractivity (Wildman–Crippen MR) is 135 cm³/mol. The normalized spacial score (nSPS) is 12.1. The minimum atomic E-state index is -1.71. The van der Waals surface area contributed by atoms with E-state index in [2.05, 4.69) is 10.6 Å². The number of carboxylic acids is 1. The molecule has 10 heteroatoms. The van der Waals surface area contributed by atoms with Crippen LogP contribution in [0, 0.1) is 0 Å². The zero-order valence-electron chi connectivity index (χ0n) is 20.1. The van der Waals surface area contributed by atoms with Gasteiger partial charge in [-0.2, -0.15) is 0 Å². The summed E-state index contributed by atoms with van der Waals surface area (Å²) in [6, 6.07) is 18.0. The second-order valence-electron chi connectivity index (χ2n) is 8.22. The Bertz CT molecular complexity index is 1310. The lowest BCUT2D eigenvalue weighted by Gasteiger charge is -2.25. The lowest BCUT2D eigenvalue weighted by atomic mass is 10.0. The minimum absolute atomic E-state index is 0.0662. The van der Waals surface area contributed by atoms with E-state index >= 15 is 0 Å². The van der Waals surface area contributed by atoms with Gasteiger partial charge in [0.25, 0.3) is 5.56 Å². The Labute approximate surface area is 212 Å². The van der Waals surface area contributed by atoms with E-state index in [1.54, 1.807) is 12.1 Å². The van der Waals surface area contributed by atoms with Gasteiger partial charge in [0.05, 0.1) is 6.61 Å². The summed E-state index contributed by atoms with van der Waals surface area (Å²) in [7, 11) is 0. The number of carbonyl (C=O) groups excluding carboxylic acids is 3. The van der Waals surface area contributed by atoms with Gasteiger partial charge in [-0.1, -0.05) is 60.7 Å². The van der Waals surface area contributed by atoms with Gasteiger partial charge in [-0.05, 0) is 23.3 Å². The Morgan fingerprint density at radius 3 is 2.16 bits per heavy atom. The number of hydrogen-bond acceptors (Lipinski definition) is 6. The second kappa shape index (κ2) is 12.8. The molecule has 3 rings (SSSR count). The van der Waals surface area contributed by atoms with Gasteiger partial charge < -0.3 is 20.0 Å². The highest BCUT2D eigenvalue weighted by atomic mass is 16.5. The number of aliphatic carboxylic acids is 1. The average Bonchev–Trinajstić information content (AvgIpc) is 2.88. The van der Waals surface area contributed by atoms with Crippen molar-refractivity contribution in [2.24, 2.45) is 0 Å². The van der Waals surface area contributed by atoms with Crippen LogP contribution in [-0.4, -0.2) is 46.6 Å². The molecule has 0 aliphatic carbocycles. The first-order chi connectivity index (χ1) is 17.8. The molecule has 0 spiro atoms. The molecule has 0 fully saturated rings. The van der Waals surface area contributed by atoms with Crippen LogP contribution in [0.3, 0.4) is 0 Å². The fourth-order valence-corrected chi connectivity index (χ4v) is 3.82. The van der Waals surface area contributed by atoms with Gasteiger partial charge in [-0.25, -0.2) is 9.59 Å². The molecule has 1 unspecified atom stereocenters. The molecule has 1 aromatic heterocycles. The van der Waals surface area contributed by atoms with Crippen molar-refractivity contribution >= 4 is 29.9 Å². The van der Waals surface area contributed by atoms with Gasteiger partial charge >= 0.3 is 12.1 Å². The van der Waals surface area contributed by atoms with Gasteiger partial charge in [-0.3, -0.25) is 19.5 Å². The quantitative estimate of drug-likeness (QED) is 0.340. The summed E-state index contributed by atoms with van der Waals surface area (Å²) in [5, 5.41) is 14.3. The molecule has 3 N–H and O–H groups in total. The molecule has 1 heterocycles. The van der Waals surface area contributed by atoms with Crippen LogP contribution >= 0.6 is 0 Å². The van der Waals surface area contributed by atoms with Gasteiger partial charge in [-0.15, -0.1) is 0 Å². The maximum Gasteiger partial charge on any atom is 0.411 e. The zero-order chi connectivity index (χ0) is 26.8. The molecule has 2 aromatic carbocycles. The fraction of sp³-hybridized carbons (Fsp3) is 0.222.